The summed E-state index contributed by atoms with van der Waals surface area (Å²) in [6.07, 6.45) is 0. The summed E-state index contributed by atoms with van der Waals surface area (Å²) >= 11 is 0. The lowest BCUT2D eigenvalue weighted by molar-refractivity contribution is 0.660. The number of furan rings is 1. The first-order valence-corrected chi connectivity index (χ1v) is 19.8. The normalized spacial score (nSPS) is 12.9. The van der Waals surface area contributed by atoms with E-state index in [-0.39, 0.29) is 5.41 Å². The Balaban J connectivity index is 1.05. The predicted molar refractivity (Wildman–Crippen MR) is 240 cm³/mol. The summed E-state index contributed by atoms with van der Waals surface area (Å²) in [7, 11) is 0. The Morgan fingerprint density at radius 3 is 1.70 bits per heavy atom. The minimum absolute atomic E-state index is 0.109. The molecule has 9 aromatic carbocycles. The summed E-state index contributed by atoms with van der Waals surface area (Å²) in [6.45, 7) is 4.70. The lowest BCUT2D eigenvalue weighted by Gasteiger charge is -2.28. The summed E-state index contributed by atoms with van der Waals surface area (Å²) in [5.41, 5.74) is 17.4. The maximum absolute atomic E-state index is 6.89. The summed E-state index contributed by atoms with van der Waals surface area (Å²) in [5, 5.41) is 4.57. The SMILES string of the molecule is CC1(C)c2ccccc2-c2ccc(N(c3ccc(-c4cccc5c4oc4c6ccccc6c(-c6ccccc6)cc54)cc3)c3cccc(-c4ccccc4)c3)cc21. The Morgan fingerprint density at radius 2 is 0.895 bits per heavy atom. The summed E-state index contributed by atoms with van der Waals surface area (Å²) in [5.74, 6) is 0. The minimum Gasteiger partial charge on any atom is -0.455 e. The monoisotopic (exact) mass is 729 g/mol. The van der Waals surface area contributed by atoms with Crippen LogP contribution in [0.4, 0.5) is 17.1 Å². The van der Waals surface area contributed by atoms with Crippen molar-refractivity contribution >= 4 is 49.8 Å². The fourth-order valence-electron chi connectivity index (χ4n) is 9.23. The molecule has 0 saturated heterocycles. The number of rotatable bonds is 6. The molecule has 0 bridgehead atoms. The Hall–Kier alpha value is -7.16. The van der Waals surface area contributed by atoms with Crippen LogP contribution in [0.15, 0.2) is 205 Å². The van der Waals surface area contributed by atoms with E-state index in [1.54, 1.807) is 0 Å². The molecule has 57 heavy (non-hydrogen) atoms. The van der Waals surface area contributed by atoms with Crippen LogP contribution in [0.25, 0.3) is 77.2 Å². The van der Waals surface area contributed by atoms with Crippen molar-refractivity contribution in [2.45, 2.75) is 19.3 Å². The maximum atomic E-state index is 6.89. The fourth-order valence-corrected chi connectivity index (χ4v) is 9.23. The lowest BCUT2D eigenvalue weighted by Crippen LogP contribution is -2.16. The molecule has 270 valence electrons. The van der Waals surface area contributed by atoms with Crippen LogP contribution in [0.5, 0.6) is 0 Å². The average molecular weight is 730 g/mol. The second-order valence-corrected chi connectivity index (χ2v) is 15.7. The van der Waals surface area contributed by atoms with Crippen molar-refractivity contribution in [1.29, 1.82) is 0 Å². The molecule has 0 aliphatic heterocycles. The molecule has 0 amide bonds. The van der Waals surface area contributed by atoms with E-state index in [4.69, 9.17) is 4.42 Å². The van der Waals surface area contributed by atoms with Crippen LogP contribution in [0, 0.1) is 0 Å². The summed E-state index contributed by atoms with van der Waals surface area (Å²) in [6, 6.07) is 72.5. The quantitative estimate of drug-likeness (QED) is 0.169. The topological polar surface area (TPSA) is 16.4 Å². The molecule has 0 fully saturated rings. The number of benzene rings is 9. The number of anilines is 3. The Labute approximate surface area is 332 Å². The molecule has 0 atom stereocenters. The van der Waals surface area contributed by atoms with Gasteiger partial charge in [0.15, 0.2) is 0 Å². The molecule has 0 N–H and O–H groups in total. The second-order valence-electron chi connectivity index (χ2n) is 15.7. The van der Waals surface area contributed by atoms with Crippen LogP contribution < -0.4 is 4.90 Å². The molecule has 1 aliphatic rings. The van der Waals surface area contributed by atoms with Crippen molar-refractivity contribution in [1.82, 2.24) is 0 Å². The third kappa shape index (κ3) is 5.33. The van der Waals surface area contributed by atoms with Crippen LogP contribution in [0.3, 0.4) is 0 Å². The largest absolute Gasteiger partial charge is 0.455 e. The van der Waals surface area contributed by atoms with E-state index < -0.39 is 0 Å². The highest BCUT2D eigenvalue weighted by Gasteiger charge is 2.35. The second kappa shape index (κ2) is 13.0. The third-order valence-electron chi connectivity index (χ3n) is 12.1. The van der Waals surface area contributed by atoms with Gasteiger partial charge < -0.3 is 9.32 Å². The van der Waals surface area contributed by atoms with Crippen LogP contribution >= 0.6 is 0 Å². The molecular weight excluding hydrogens is 691 g/mol. The van der Waals surface area contributed by atoms with Gasteiger partial charge in [0.25, 0.3) is 0 Å². The smallest absolute Gasteiger partial charge is 0.143 e. The molecule has 0 spiro atoms. The van der Waals surface area contributed by atoms with E-state index in [1.807, 2.05) is 0 Å². The van der Waals surface area contributed by atoms with Crippen molar-refractivity contribution in [3.05, 3.63) is 211 Å². The van der Waals surface area contributed by atoms with Crippen molar-refractivity contribution in [2.75, 3.05) is 4.90 Å². The van der Waals surface area contributed by atoms with Crippen LogP contribution in [-0.2, 0) is 5.41 Å². The molecule has 1 aromatic heterocycles. The van der Waals surface area contributed by atoms with Crippen LogP contribution in [0.2, 0.25) is 0 Å². The predicted octanol–water partition coefficient (Wildman–Crippen LogP) is 15.5. The molecule has 0 radical (unpaired) electrons. The van der Waals surface area contributed by atoms with Gasteiger partial charge in [-0.1, -0.05) is 172 Å². The standard InChI is InChI=1S/C55H39NO/c1-55(2)51-26-12-11-22-45(51)46-32-31-42(34-52(46)55)56(41-20-13-19-39(33-41)36-15-5-3-6-16-36)40-29-27-38(28-30-40)43-24-14-25-48-50-35-49(37-17-7-4-8-18-37)44-21-9-10-23-47(44)54(50)57-53(43)48/h3-35H,1-2H3. The molecule has 11 rings (SSSR count). The van der Waals surface area contributed by atoms with Gasteiger partial charge in [0.1, 0.15) is 11.2 Å². The van der Waals surface area contributed by atoms with E-state index in [1.165, 1.54) is 49.9 Å². The van der Waals surface area contributed by atoms with Crippen molar-refractivity contribution in [2.24, 2.45) is 0 Å². The highest BCUT2D eigenvalue weighted by molar-refractivity contribution is 6.20. The van der Waals surface area contributed by atoms with Gasteiger partial charge >= 0.3 is 0 Å². The van der Waals surface area contributed by atoms with Crippen molar-refractivity contribution in [3.63, 3.8) is 0 Å². The Morgan fingerprint density at radius 1 is 0.333 bits per heavy atom. The first kappa shape index (κ1) is 33.2. The van der Waals surface area contributed by atoms with Crippen molar-refractivity contribution in [3.8, 4) is 44.5 Å². The number of fused-ring (bicyclic) bond motifs is 8. The number of hydrogen-bond acceptors (Lipinski definition) is 2. The van der Waals surface area contributed by atoms with E-state index in [2.05, 4.69) is 219 Å². The molecule has 1 heterocycles. The molecule has 0 saturated carbocycles. The number of para-hydroxylation sites is 1. The summed E-state index contributed by atoms with van der Waals surface area (Å²) in [4.78, 5) is 2.40. The molecule has 2 nitrogen and oxygen atoms in total. The highest BCUT2D eigenvalue weighted by Crippen LogP contribution is 2.51. The van der Waals surface area contributed by atoms with Gasteiger partial charge in [0.2, 0.25) is 0 Å². The van der Waals surface area contributed by atoms with Crippen molar-refractivity contribution < 1.29 is 4.42 Å². The third-order valence-corrected chi connectivity index (χ3v) is 12.1. The van der Waals surface area contributed by atoms with E-state index in [0.717, 1.165) is 55.5 Å². The molecule has 10 aromatic rings. The highest BCUT2D eigenvalue weighted by atomic mass is 16.3. The molecular formula is C55H39NO. The van der Waals surface area contributed by atoms with Crippen LogP contribution in [0.1, 0.15) is 25.0 Å². The van der Waals surface area contributed by atoms with Gasteiger partial charge in [-0.3, -0.25) is 0 Å². The molecule has 0 unspecified atom stereocenters. The fraction of sp³-hybridized carbons (Fsp3) is 0.0545. The van der Waals surface area contributed by atoms with Crippen LogP contribution in [-0.4, -0.2) is 0 Å². The summed E-state index contributed by atoms with van der Waals surface area (Å²) < 4.78 is 6.89. The zero-order valence-electron chi connectivity index (χ0n) is 31.9. The van der Waals surface area contributed by atoms with Gasteiger partial charge in [-0.2, -0.15) is 0 Å². The molecule has 2 heteroatoms. The zero-order chi connectivity index (χ0) is 38.1. The zero-order valence-corrected chi connectivity index (χ0v) is 31.9. The van der Waals surface area contributed by atoms with Gasteiger partial charge in [0, 0.05) is 44.2 Å². The van der Waals surface area contributed by atoms with Gasteiger partial charge in [-0.15, -0.1) is 0 Å². The maximum Gasteiger partial charge on any atom is 0.143 e. The average Bonchev–Trinajstić information content (AvgIpc) is 3.76. The van der Waals surface area contributed by atoms with E-state index >= 15 is 0 Å². The lowest BCUT2D eigenvalue weighted by atomic mass is 9.82. The van der Waals surface area contributed by atoms with E-state index in [0.29, 0.717) is 0 Å². The minimum atomic E-state index is -0.109. The Bertz CT molecular complexity index is 3140. The van der Waals surface area contributed by atoms with Gasteiger partial charge in [-0.25, -0.2) is 0 Å². The first-order valence-electron chi connectivity index (χ1n) is 19.8. The van der Waals surface area contributed by atoms with Gasteiger partial charge in [-0.05, 0) is 97.9 Å². The van der Waals surface area contributed by atoms with Gasteiger partial charge in [0.05, 0.1) is 0 Å². The number of nitrogens with zero attached hydrogens (tertiary/aromatic N) is 1. The first-order chi connectivity index (χ1) is 28.0. The van der Waals surface area contributed by atoms with E-state index in [9.17, 15) is 0 Å². The number of hydrogen-bond donors (Lipinski definition) is 0. The molecule has 1 aliphatic carbocycles. The Kier molecular flexibility index (Phi) is 7.55.